The van der Waals surface area contributed by atoms with Crippen molar-refractivity contribution < 1.29 is 4.79 Å². The molecule has 5 heteroatoms. The molecule has 132 valence electrons. The zero-order valence-electron chi connectivity index (χ0n) is 15.2. The second-order valence-electron chi connectivity index (χ2n) is 7.00. The van der Waals surface area contributed by atoms with Gasteiger partial charge in [0.25, 0.3) is 5.91 Å². The molecular formula is C20H26N4O. The lowest BCUT2D eigenvalue weighted by Crippen LogP contribution is -2.34. The van der Waals surface area contributed by atoms with Crippen molar-refractivity contribution in [2.24, 2.45) is 5.92 Å². The number of aromatic nitrogens is 2. The number of nitrogens with zero attached hydrogens (tertiary/aromatic N) is 3. The van der Waals surface area contributed by atoms with Gasteiger partial charge in [0.05, 0.1) is 0 Å². The van der Waals surface area contributed by atoms with E-state index in [9.17, 15) is 4.79 Å². The van der Waals surface area contributed by atoms with Crippen LogP contribution in [0.15, 0.2) is 30.3 Å². The van der Waals surface area contributed by atoms with Crippen LogP contribution in [0.1, 0.15) is 47.2 Å². The predicted octanol–water partition coefficient (Wildman–Crippen LogP) is 3.26. The summed E-state index contributed by atoms with van der Waals surface area (Å²) in [5.74, 6) is 2.10. The van der Waals surface area contributed by atoms with Gasteiger partial charge in [-0.25, -0.2) is 9.97 Å². The highest BCUT2D eigenvalue weighted by atomic mass is 16.1. The van der Waals surface area contributed by atoms with E-state index in [-0.39, 0.29) is 5.91 Å². The number of carbonyl (C=O) groups excluding carboxylic acids is 1. The van der Waals surface area contributed by atoms with Crippen molar-refractivity contribution in [3.8, 4) is 0 Å². The first-order chi connectivity index (χ1) is 12.0. The van der Waals surface area contributed by atoms with Gasteiger partial charge in [-0.1, -0.05) is 36.8 Å². The van der Waals surface area contributed by atoms with Crippen molar-refractivity contribution in [3.63, 3.8) is 0 Å². The van der Waals surface area contributed by atoms with E-state index >= 15 is 0 Å². The maximum atomic E-state index is 12.5. The second-order valence-corrected chi connectivity index (χ2v) is 7.00. The normalized spacial score (nSPS) is 15.2. The van der Waals surface area contributed by atoms with Crippen molar-refractivity contribution in [1.29, 1.82) is 0 Å². The molecule has 1 amide bonds. The second kappa shape index (κ2) is 7.64. The van der Waals surface area contributed by atoms with Gasteiger partial charge in [0.1, 0.15) is 17.3 Å². The summed E-state index contributed by atoms with van der Waals surface area (Å²) >= 11 is 0. The number of carbonyl (C=O) groups is 1. The van der Waals surface area contributed by atoms with Gasteiger partial charge in [0, 0.05) is 25.7 Å². The minimum absolute atomic E-state index is 0.155. The molecule has 0 spiro atoms. The zero-order valence-corrected chi connectivity index (χ0v) is 15.2. The summed E-state index contributed by atoms with van der Waals surface area (Å²) in [6.45, 7) is 8.65. The quantitative estimate of drug-likeness (QED) is 0.929. The van der Waals surface area contributed by atoms with Gasteiger partial charge >= 0.3 is 0 Å². The van der Waals surface area contributed by atoms with Crippen LogP contribution >= 0.6 is 0 Å². The maximum absolute atomic E-state index is 12.5. The summed E-state index contributed by atoms with van der Waals surface area (Å²) in [5, 5.41) is 2.95. The molecule has 1 aliphatic heterocycles. The smallest absolute Gasteiger partial charge is 0.270 e. The van der Waals surface area contributed by atoms with E-state index < -0.39 is 0 Å². The fourth-order valence-corrected chi connectivity index (χ4v) is 3.05. The molecule has 1 N–H and O–H groups in total. The van der Waals surface area contributed by atoms with Crippen LogP contribution in [0.5, 0.6) is 0 Å². The molecule has 0 unspecified atom stereocenters. The lowest BCUT2D eigenvalue weighted by molar-refractivity contribution is 0.0945. The molecule has 0 radical (unpaired) electrons. The molecule has 1 aromatic heterocycles. The highest BCUT2D eigenvalue weighted by molar-refractivity contribution is 5.92. The van der Waals surface area contributed by atoms with E-state index in [1.807, 2.05) is 37.3 Å². The van der Waals surface area contributed by atoms with Crippen LogP contribution in [-0.4, -0.2) is 29.0 Å². The van der Waals surface area contributed by atoms with Crippen LogP contribution in [0.2, 0.25) is 0 Å². The summed E-state index contributed by atoms with van der Waals surface area (Å²) in [6.07, 6.45) is 2.33. The van der Waals surface area contributed by atoms with Crippen molar-refractivity contribution >= 4 is 11.7 Å². The lowest BCUT2D eigenvalue weighted by Gasteiger charge is -2.31. The Hall–Kier alpha value is -2.43. The molecular weight excluding hydrogens is 312 g/mol. The number of rotatable bonds is 4. The number of amides is 1. The van der Waals surface area contributed by atoms with Crippen LogP contribution in [0.3, 0.4) is 0 Å². The first-order valence-electron chi connectivity index (χ1n) is 8.95. The molecule has 5 nitrogen and oxygen atoms in total. The Balaban J connectivity index is 1.68. The third kappa shape index (κ3) is 4.56. The molecule has 3 rings (SSSR count). The van der Waals surface area contributed by atoms with Crippen molar-refractivity contribution in [1.82, 2.24) is 15.3 Å². The Morgan fingerprint density at radius 1 is 1.16 bits per heavy atom. The largest absolute Gasteiger partial charge is 0.356 e. The molecule has 2 heterocycles. The van der Waals surface area contributed by atoms with E-state index in [4.69, 9.17) is 0 Å². The third-order valence-electron chi connectivity index (χ3n) is 4.74. The van der Waals surface area contributed by atoms with Gasteiger partial charge in [-0.3, -0.25) is 4.79 Å². The molecule has 25 heavy (non-hydrogen) atoms. The van der Waals surface area contributed by atoms with Gasteiger partial charge in [-0.2, -0.15) is 0 Å². The Morgan fingerprint density at radius 2 is 1.84 bits per heavy atom. The average Bonchev–Trinajstić information content (AvgIpc) is 2.61. The monoisotopic (exact) mass is 338 g/mol. The summed E-state index contributed by atoms with van der Waals surface area (Å²) < 4.78 is 0. The Bertz CT molecular complexity index is 734. The highest BCUT2D eigenvalue weighted by Gasteiger charge is 2.19. The van der Waals surface area contributed by atoms with Gasteiger partial charge in [0.15, 0.2) is 0 Å². The Labute approximate surface area is 149 Å². The van der Waals surface area contributed by atoms with Crippen molar-refractivity contribution in [2.75, 3.05) is 18.0 Å². The first-order valence-corrected chi connectivity index (χ1v) is 8.95. The summed E-state index contributed by atoms with van der Waals surface area (Å²) in [7, 11) is 0. The fourth-order valence-electron chi connectivity index (χ4n) is 3.05. The van der Waals surface area contributed by atoms with Gasteiger partial charge in [0.2, 0.25) is 0 Å². The molecule has 0 saturated carbocycles. The number of nitrogens with one attached hydrogen (secondary N) is 1. The van der Waals surface area contributed by atoms with Crippen LogP contribution < -0.4 is 10.2 Å². The summed E-state index contributed by atoms with van der Waals surface area (Å²) in [6, 6.07) is 9.97. The third-order valence-corrected chi connectivity index (χ3v) is 4.74. The number of hydrogen-bond donors (Lipinski definition) is 1. The molecule has 0 bridgehead atoms. The number of anilines is 1. The molecule has 1 saturated heterocycles. The first kappa shape index (κ1) is 17.4. The molecule has 1 fully saturated rings. The molecule has 2 aromatic rings. The van der Waals surface area contributed by atoms with Crippen LogP contribution in [0.4, 0.5) is 5.82 Å². The predicted molar refractivity (Wildman–Crippen MR) is 99.7 cm³/mol. The number of piperidine rings is 1. The Kier molecular flexibility index (Phi) is 5.31. The standard InChI is InChI=1S/C20H26N4O/c1-14-4-6-17(7-5-14)13-21-20(25)18-12-19(23-16(3)22-18)24-10-8-15(2)9-11-24/h4-7,12,15H,8-11,13H2,1-3H3,(H,21,25). The minimum Gasteiger partial charge on any atom is -0.356 e. The number of aryl methyl sites for hydroxylation is 2. The minimum atomic E-state index is -0.155. The number of benzene rings is 1. The molecule has 0 atom stereocenters. The zero-order chi connectivity index (χ0) is 17.8. The van der Waals surface area contributed by atoms with Gasteiger partial charge < -0.3 is 10.2 Å². The maximum Gasteiger partial charge on any atom is 0.270 e. The van der Waals surface area contributed by atoms with Gasteiger partial charge in [-0.05, 0) is 38.2 Å². The summed E-state index contributed by atoms with van der Waals surface area (Å²) in [4.78, 5) is 23.6. The van der Waals surface area contributed by atoms with Crippen LogP contribution in [0, 0.1) is 19.8 Å². The topological polar surface area (TPSA) is 58.1 Å². The van der Waals surface area contributed by atoms with E-state index in [1.54, 1.807) is 0 Å². The Morgan fingerprint density at radius 3 is 2.52 bits per heavy atom. The number of hydrogen-bond acceptors (Lipinski definition) is 4. The van der Waals surface area contributed by atoms with E-state index in [0.717, 1.165) is 43.2 Å². The van der Waals surface area contributed by atoms with Crippen LogP contribution in [-0.2, 0) is 6.54 Å². The lowest BCUT2D eigenvalue weighted by atomic mass is 9.99. The van der Waals surface area contributed by atoms with Crippen LogP contribution in [0.25, 0.3) is 0 Å². The van der Waals surface area contributed by atoms with Crippen molar-refractivity contribution in [3.05, 3.63) is 53.0 Å². The fraction of sp³-hybridized carbons (Fsp3) is 0.450. The van der Waals surface area contributed by atoms with E-state index in [1.165, 1.54) is 5.56 Å². The molecule has 1 aromatic carbocycles. The summed E-state index contributed by atoms with van der Waals surface area (Å²) in [5.41, 5.74) is 2.73. The van der Waals surface area contributed by atoms with E-state index in [2.05, 4.69) is 34.0 Å². The molecule has 0 aliphatic carbocycles. The highest BCUT2D eigenvalue weighted by Crippen LogP contribution is 2.22. The SMILES string of the molecule is Cc1ccc(CNC(=O)c2cc(N3CCC(C)CC3)nc(C)n2)cc1. The van der Waals surface area contributed by atoms with Crippen molar-refractivity contribution in [2.45, 2.75) is 40.2 Å². The average molecular weight is 338 g/mol. The molecule has 1 aliphatic rings. The van der Waals surface area contributed by atoms with Gasteiger partial charge in [-0.15, -0.1) is 0 Å². The van der Waals surface area contributed by atoms with E-state index in [0.29, 0.717) is 18.1 Å².